The lowest BCUT2D eigenvalue weighted by Gasteiger charge is -2.05. The van der Waals surface area contributed by atoms with Crippen LogP contribution in [0.5, 0.6) is 0 Å². The summed E-state index contributed by atoms with van der Waals surface area (Å²) in [4.78, 5) is 24.4. The topological polar surface area (TPSA) is 34.1 Å². The molecule has 0 heterocycles. The van der Waals surface area contributed by atoms with Gasteiger partial charge in [0, 0.05) is 20.1 Å². The van der Waals surface area contributed by atoms with Crippen LogP contribution >= 0.6 is 31.9 Å². The largest absolute Gasteiger partial charge is 0.288 e. The molecular weight excluding hydrogens is 384 g/mol. The lowest BCUT2D eigenvalue weighted by molar-refractivity contribution is 0.0963. The Morgan fingerprint density at radius 2 is 1.00 bits per heavy atom. The molecule has 0 N–H and O–H groups in total. The number of rotatable bonds is 4. The first kappa shape index (κ1) is 14.9. The van der Waals surface area contributed by atoms with Crippen LogP contribution in [-0.4, -0.2) is 11.6 Å². The Hall–Kier alpha value is -1.52. The molecule has 0 aliphatic rings. The van der Waals surface area contributed by atoms with Crippen molar-refractivity contribution in [1.29, 1.82) is 0 Å². The highest BCUT2D eigenvalue weighted by molar-refractivity contribution is 9.10. The Morgan fingerprint density at radius 1 is 0.700 bits per heavy atom. The van der Waals surface area contributed by atoms with Crippen LogP contribution in [0.3, 0.4) is 0 Å². The molecule has 0 saturated heterocycles. The maximum atomic E-state index is 12.2. The molecule has 0 aromatic heterocycles. The molecule has 0 amide bonds. The summed E-state index contributed by atoms with van der Waals surface area (Å²) < 4.78 is 1.75. The van der Waals surface area contributed by atoms with Crippen LogP contribution in [0.2, 0.25) is 0 Å². The molecule has 20 heavy (non-hydrogen) atoms. The van der Waals surface area contributed by atoms with Crippen molar-refractivity contribution in [3.05, 3.63) is 80.8 Å². The number of Topliss-reactive ketones (excluding diaryl/α,β-unsaturated/α-hetero) is 2. The fraction of sp³-hybridized carbons (Fsp3) is 0. The third kappa shape index (κ3) is 3.32. The molecule has 2 nitrogen and oxygen atoms in total. The monoisotopic (exact) mass is 392 g/mol. The van der Waals surface area contributed by atoms with Crippen LogP contribution in [0.25, 0.3) is 0 Å². The number of carbonyl (C=O) groups excluding carboxylic acids is 2. The minimum absolute atomic E-state index is 0.0327. The van der Waals surface area contributed by atoms with E-state index in [2.05, 4.69) is 38.4 Å². The van der Waals surface area contributed by atoms with Crippen LogP contribution in [0, 0.1) is 0 Å². The maximum absolute atomic E-state index is 12.2. The molecule has 0 fully saturated rings. The molecular formula is C16H10Br2O2. The molecule has 0 bridgehead atoms. The van der Waals surface area contributed by atoms with Crippen LogP contribution in [0.4, 0.5) is 0 Å². The third-order valence-electron chi connectivity index (χ3n) is 2.76. The second-order valence-electron chi connectivity index (χ2n) is 4.15. The number of benzene rings is 2. The summed E-state index contributed by atoms with van der Waals surface area (Å²) in [5.74, 6) is -0.712. The van der Waals surface area contributed by atoms with Crippen molar-refractivity contribution in [2.24, 2.45) is 0 Å². The molecule has 2 aromatic carbocycles. The van der Waals surface area contributed by atoms with Gasteiger partial charge in [0.05, 0.1) is 5.57 Å². The molecule has 4 heteroatoms. The van der Waals surface area contributed by atoms with E-state index in [1.807, 2.05) is 0 Å². The predicted molar refractivity (Wildman–Crippen MR) is 86.1 cm³/mol. The minimum atomic E-state index is -0.356. The van der Waals surface area contributed by atoms with E-state index in [1.54, 1.807) is 48.5 Å². The number of ketones is 2. The number of hydrogen-bond donors (Lipinski definition) is 0. The van der Waals surface area contributed by atoms with E-state index in [0.29, 0.717) is 11.1 Å². The Labute approximate surface area is 133 Å². The normalized spacial score (nSPS) is 10.1. The van der Waals surface area contributed by atoms with Gasteiger partial charge in [-0.1, -0.05) is 38.4 Å². The summed E-state index contributed by atoms with van der Waals surface area (Å²) in [6.45, 7) is 3.63. The highest BCUT2D eigenvalue weighted by Gasteiger charge is 2.18. The average Bonchev–Trinajstić information content (AvgIpc) is 2.46. The van der Waals surface area contributed by atoms with E-state index >= 15 is 0 Å². The smallest absolute Gasteiger partial charge is 0.196 e. The number of hydrogen-bond acceptors (Lipinski definition) is 2. The van der Waals surface area contributed by atoms with Gasteiger partial charge in [-0.2, -0.15) is 0 Å². The van der Waals surface area contributed by atoms with Crippen LogP contribution in [0.15, 0.2) is 69.6 Å². The Balaban J connectivity index is 2.22. The number of halogens is 2. The van der Waals surface area contributed by atoms with Gasteiger partial charge in [0.1, 0.15) is 0 Å². The maximum Gasteiger partial charge on any atom is 0.196 e. The molecule has 0 aliphatic carbocycles. The molecule has 0 spiro atoms. The summed E-state index contributed by atoms with van der Waals surface area (Å²) in [6, 6.07) is 13.7. The van der Waals surface area contributed by atoms with E-state index in [1.165, 1.54) is 0 Å². The molecule has 0 unspecified atom stereocenters. The predicted octanol–water partition coefficient (Wildman–Crippen LogP) is 4.83. The van der Waals surface area contributed by atoms with Crippen LogP contribution in [0.1, 0.15) is 20.7 Å². The Morgan fingerprint density at radius 3 is 1.30 bits per heavy atom. The van der Waals surface area contributed by atoms with Crippen molar-refractivity contribution < 1.29 is 9.59 Å². The molecule has 0 saturated carbocycles. The van der Waals surface area contributed by atoms with Gasteiger partial charge in [-0.05, 0) is 48.5 Å². The SMILES string of the molecule is C=C(C(=O)c1ccc(Br)cc1)C(=O)c1ccc(Br)cc1. The zero-order valence-corrected chi connectivity index (χ0v) is 13.6. The molecule has 2 rings (SSSR count). The Bertz CT molecular complexity index is 611. The molecule has 100 valence electrons. The van der Waals surface area contributed by atoms with Crippen molar-refractivity contribution in [3.63, 3.8) is 0 Å². The van der Waals surface area contributed by atoms with E-state index in [9.17, 15) is 9.59 Å². The second-order valence-corrected chi connectivity index (χ2v) is 5.98. The molecule has 0 atom stereocenters. The zero-order chi connectivity index (χ0) is 14.7. The molecule has 0 radical (unpaired) electrons. The highest BCUT2D eigenvalue weighted by Crippen LogP contribution is 2.17. The lowest BCUT2D eigenvalue weighted by atomic mass is 9.97. The van der Waals surface area contributed by atoms with E-state index in [4.69, 9.17) is 0 Å². The summed E-state index contributed by atoms with van der Waals surface area (Å²) in [7, 11) is 0. The van der Waals surface area contributed by atoms with Gasteiger partial charge in [0.2, 0.25) is 0 Å². The standard InChI is InChI=1S/C16H10Br2O2/c1-10(15(19)11-2-6-13(17)7-3-11)16(20)12-4-8-14(18)9-5-12/h2-9H,1H2. The quantitative estimate of drug-likeness (QED) is 0.322. The lowest BCUT2D eigenvalue weighted by Crippen LogP contribution is -2.12. The van der Waals surface area contributed by atoms with Gasteiger partial charge in [0.15, 0.2) is 11.6 Å². The van der Waals surface area contributed by atoms with E-state index in [0.717, 1.165) is 8.95 Å². The van der Waals surface area contributed by atoms with Gasteiger partial charge in [0.25, 0.3) is 0 Å². The third-order valence-corrected chi connectivity index (χ3v) is 3.82. The summed E-state index contributed by atoms with van der Waals surface area (Å²) in [6.07, 6.45) is 0. The second kappa shape index (κ2) is 6.29. The minimum Gasteiger partial charge on any atom is -0.288 e. The fourth-order valence-electron chi connectivity index (χ4n) is 1.65. The van der Waals surface area contributed by atoms with Gasteiger partial charge >= 0.3 is 0 Å². The van der Waals surface area contributed by atoms with Crippen molar-refractivity contribution in [3.8, 4) is 0 Å². The summed E-state index contributed by atoms with van der Waals surface area (Å²) in [5, 5.41) is 0. The average molecular weight is 394 g/mol. The first-order valence-corrected chi connectivity index (χ1v) is 7.37. The van der Waals surface area contributed by atoms with Crippen molar-refractivity contribution in [1.82, 2.24) is 0 Å². The first-order valence-electron chi connectivity index (χ1n) is 5.78. The number of carbonyl (C=O) groups is 2. The highest BCUT2D eigenvalue weighted by atomic mass is 79.9. The van der Waals surface area contributed by atoms with E-state index in [-0.39, 0.29) is 17.1 Å². The van der Waals surface area contributed by atoms with Crippen molar-refractivity contribution >= 4 is 43.4 Å². The zero-order valence-electron chi connectivity index (χ0n) is 10.4. The van der Waals surface area contributed by atoms with Crippen molar-refractivity contribution in [2.75, 3.05) is 0 Å². The van der Waals surface area contributed by atoms with Gasteiger partial charge in [-0.15, -0.1) is 0 Å². The fourth-order valence-corrected chi connectivity index (χ4v) is 2.18. The van der Waals surface area contributed by atoms with Gasteiger partial charge < -0.3 is 0 Å². The summed E-state index contributed by atoms with van der Waals surface area (Å²) >= 11 is 6.60. The van der Waals surface area contributed by atoms with Crippen LogP contribution in [-0.2, 0) is 0 Å². The molecule has 0 aliphatic heterocycles. The Kier molecular flexibility index (Phi) is 4.68. The van der Waals surface area contributed by atoms with Crippen molar-refractivity contribution in [2.45, 2.75) is 0 Å². The molecule has 2 aromatic rings. The first-order chi connectivity index (χ1) is 9.49. The summed E-state index contributed by atoms with van der Waals surface area (Å²) in [5.41, 5.74) is 0.863. The number of allylic oxidation sites excluding steroid dienone is 1. The van der Waals surface area contributed by atoms with Gasteiger partial charge in [-0.25, -0.2) is 0 Å². The van der Waals surface area contributed by atoms with Gasteiger partial charge in [-0.3, -0.25) is 9.59 Å². The van der Waals surface area contributed by atoms with E-state index < -0.39 is 0 Å². The van der Waals surface area contributed by atoms with Crippen LogP contribution < -0.4 is 0 Å².